The fourth-order valence-corrected chi connectivity index (χ4v) is 3.40. The first-order valence-corrected chi connectivity index (χ1v) is 9.62. The molecule has 0 amide bonds. The van der Waals surface area contributed by atoms with Crippen molar-refractivity contribution in [2.75, 3.05) is 0 Å². The standard InChI is InChI=1S/C24H22F3NO2/c1-15(2)11-21(23(29)30)18-12-17(13-19(14-18)22-5-3-4-10-28-22)16-6-8-20(9-7-16)24(25,26)27/h3-10,12-15,21H,11H2,1-2H3,(H,29,30). The number of alkyl halides is 3. The summed E-state index contributed by atoms with van der Waals surface area (Å²) in [5, 5.41) is 9.78. The molecule has 1 heterocycles. The second-order valence-corrected chi connectivity index (χ2v) is 7.65. The molecule has 0 bridgehead atoms. The van der Waals surface area contributed by atoms with Crippen LogP contribution in [-0.2, 0) is 11.0 Å². The molecule has 3 rings (SSSR count). The summed E-state index contributed by atoms with van der Waals surface area (Å²) in [6.07, 6.45) is -2.32. The van der Waals surface area contributed by atoms with Crippen LogP contribution in [0.2, 0.25) is 0 Å². The minimum Gasteiger partial charge on any atom is -0.481 e. The van der Waals surface area contributed by atoms with Gasteiger partial charge in [-0.05, 0) is 65.4 Å². The molecular formula is C24H22F3NO2. The molecule has 0 saturated carbocycles. The molecule has 1 unspecified atom stereocenters. The Kier molecular flexibility index (Phi) is 6.25. The van der Waals surface area contributed by atoms with E-state index in [4.69, 9.17) is 0 Å². The Labute approximate surface area is 173 Å². The van der Waals surface area contributed by atoms with Gasteiger partial charge in [-0.15, -0.1) is 0 Å². The molecular weight excluding hydrogens is 391 g/mol. The topological polar surface area (TPSA) is 50.2 Å². The maximum atomic E-state index is 12.9. The van der Waals surface area contributed by atoms with Crippen LogP contribution in [0.4, 0.5) is 13.2 Å². The average Bonchev–Trinajstić information content (AvgIpc) is 2.71. The molecule has 1 aromatic heterocycles. The number of nitrogens with zero attached hydrogens (tertiary/aromatic N) is 1. The van der Waals surface area contributed by atoms with Gasteiger partial charge in [0, 0.05) is 11.8 Å². The maximum absolute atomic E-state index is 12.9. The highest BCUT2D eigenvalue weighted by Gasteiger charge is 2.30. The third kappa shape index (κ3) is 5.06. The molecule has 0 fully saturated rings. The highest BCUT2D eigenvalue weighted by molar-refractivity contribution is 5.80. The molecule has 1 N–H and O–H groups in total. The van der Waals surface area contributed by atoms with Gasteiger partial charge in [0.15, 0.2) is 0 Å². The van der Waals surface area contributed by atoms with E-state index in [0.717, 1.165) is 17.7 Å². The molecule has 0 aliphatic rings. The van der Waals surface area contributed by atoms with E-state index in [1.54, 1.807) is 24.4 Å². The van der Waals surface area contributed by atoms with E-state index in [2.05, 4.69) is 4.98 Å². The lowest BCUT2D eigenvalue weighted by Crippen LogP contribution is -2.14. The normalized spacial score (nSPS) is 12.7. The fraction of sp³-hybridized carbons (Fsp3) is 0.250. The number of hydrogen-bond donors (Lipinski definition) is 1. The Morgan fingerprint density at radius 3 is 2.17 bits per heavy atom. The van der Waals surface area contributed by atoms with Crippen LogP contribution < -0.4 is 0 Å². The number of benzene rings is 2. The van der Waals surface area contributed by atoms with E-state index < -0.39 is 23.6 Å². The zero-order valence-electron chi connectivity index (χ0n) is 16.6. The first kappa shape index (κ1) is 21.6. The molecule has 3 aromatic rings. The van der Waals surface area contributed by atoms with E-state index in [1.807, 2.05) is 32.0 Å². The Balaban J connectivity index is 2.13. The first-order chi connectivity index (χ1) is 14.1. The molecule has 0 spiro atoms. The lowest BCUT2D eigenvalue weighted by molar-refractivity contribution is -0.139. The van der Waals surface area contributed by atoms with Crippen molar-refractivity contribution in [1.82, 2.24) is 4.98 Å². The minimum atomic E-state index is -4.41. The molecule has 3 nitrogen and oxygen atoms in total. The van der Waals surface area contributed by atoms with Crippen molar-refractivity contribution >= 4 is 5.97 Å². The summed E-state index contributed by atoms with van der Waals surface area (Å²) < 4.78 is 38.7. The van der Waals surface area contributed by atoms with Crippen molar-refractivity contribution in [2.45, 2.75) is 32.4 Å². The van der Waals surface area contributed by atoms with E-state index >= 15 is 0 Å². The average molecular weight is 413 g/mol. The monoisotopic (exact) mass is 413 g/mol. The van der Waals surface area contributed by atoms with Crippen molar-refractivity contribution in [3.05, 3.63) is 78.0 Å². The van der Waals surface area contributed by atoms with Gasteiger partial charge < -0.3 is 5.11 Å². The molecule has 0 saturated heterocycles. The van der Waals surface area contributed by atoms with Crippen molar-refractivity contribution in [3.8, 4) is 22.4 Å². The molecule has 6 heteroatoms. The highest BCUT2D eigenvalue weighted by Crippen LogP contribution is 2.35. The molecule has 0 radical (unpaired) electrons. The van der Waals surface area contributed by atoms with E-state index in [9.17, 15) is 23.1 Å². The van der Waals surface area contributed by atoms with Crippen LogP contribution in [0.25, 0.3) is 22.4 Å². The Morgan fingerprint density at radius 2 is 1.63 bits per heavy atom. The van der Waals surface area contributed by atoms with E-state index in [-0.39, 0.29) is 5.92 Å². The number of pyridine rings is 1. The predicted molar refractivity (Wildman–Crippen MR) is 110 cm³/mol. The summed E-state index contributed by atoms with van der Waals surface area (Å²) in [4.78, 5) is 16.3. The van der Waals surface area contributed by atoms with Gasteiger partial charge in [0.1, 0.15) is 0 Å². The van der Waals surface area contributed by atoms with Crippen LogP contribution in [0.1, 0.15) is 37.3 Å². The van der Waals surface area contributed by atoms with E-state index in [0.29, 0.717) is 28.8 Å². The van der Waals surface area contributed by atoms with Crippen molar-refractivity contribution in [1.29, 1.82) is 0 Å². The minimum absolute atomic E-state index is 0.166. The van der Waals surface area contributed by atoms with Gasteiger partial charge in [0.2, 0.25) is 0 Å². The zero-order valence-corrected chi connectivity index (χ0v) is 16.6. The van der Waals surface area contributed by atoms with Gasteiger partial charge in [-0.2, -0.15) is 13.2 Å². The number of carboxylic acid groups (broad SMARTS) is 1. The molecule has 1 atom stereocenters. The molecule has 2 aromatic carbocycles. The molecule has 0 aliphatic carbocycles. The summed E-state index contributed by atoms with van der Waals surface area (Å²) >= 11 is 0. The second-order valence-electron chi connectivity index (χ2n) is 7.65. The SMILES string of the molecule is CC(C)CC(C(=O)O)c1cc(-c2ccc(C(F)(F)F)cc2)cc(-c2ccccn2)c1. The Morgan fingerprint density at radius 1 is 0.967 bits per heavy atom. The van der Waals surface area contributed by atoms with Crippen LogP contribution >= 0.6 is 0 Å². The lowest BCUT2D eigenvalue weighted by Gasteiger charge is -2.18. The third-order valence-corrected chi connectivity index (χ3v) is 4.87. The Hall–Kier alpha value is -3.15. The lowest BCUT2D eigenvalue weighted by atomic mass is 9.87. The fourth-order valence-electron chi connectivity index (χ4n) is 3.40. The van der Waals surface area contributed by atoms with Gasteiger partial charge in [0.05, 0.1) is 17.2 Å². The first-order valence-electron chi connectivity index (χ1n) is 9.62. The van der Waals surface area contributed by atoms with Gasteiger partial charge >= 0.3 is 12.1 Å². The second kappa shape index (κ2) is 8.69. The van der Waals surface area contributed by atoms with Crippen LogP contribution in [0.3, 0.4) is 0 Å². The molecule has 30 heavy (non-hydrogen) atoms. The van der Waals surface area contributed by atoms with E-state index in [1.165, 1.54) is 12.1 Å². The van der Waals surface area contributed by atoms with Crippen LogP contribution in [0.15, 0.2) is 66.9 Å². The predicted octanol–water partition coefficient (Wildman–Crippen LogP) is 6.65. The zero-order chi connectivity index (χ0) is 21.9. The van der Waals surface area contributed by atoms with Crippen LogP contribution in [-0.4, -0.2) is 16.1 Å². The Bertz CT molecular complexity index is 1010. The number of hydrogen-bond acceptors (Lipinski definition) is 2. The number of halogens is 3. The smallest absolute Gasteiger partial charge is 0.416 e. The van der Waals surface area contributed by atoms with Gasteiger partial charge in [-0.3, -0.25) is 9.78 Å². The van der Waals surface area contributed by atoms with Crippen LogP contribution in [0, 0.1) is 5.92 Å². The molecule has 156 valence electrons. The summed E-state index contributed by atoms with van der Waals surface area (Å²) in [6, 6.07) is 15.7. The third-order valence-electron chi connectivity index (χ3n) is 4.87. The number of aromatic nitrogens is 1. The maximum Gasteiger partial charge on any atom is 0.416 e. The van der Waals surface area contributed by atoms with Gasteiger partial charge in [-0.25, -0.2) is 0 Å². The number of aliphatic carboxylic acids is 1. The largest absolute Gasteiger partial charge is 0.481 e. The summed E-state index contributed by atoms with van der Waals surface area (Å²) in [5.41, 5.74) is 2.50. The van der Waals surface area contributed by atoms with Crippen molar-refractivity contribution in [2.24, 2.45) is 5.92 Å². The van der Waals surface area contributed by atoms with Crippen LogP contribution in [0.5, 0.6) is 0 Å². The van der Waals surface area contributed by atoms with Crippen molar-refractivity contribution in [3.63, 3.8) is 0 Å². The number of carboxylic acids is 1. The number of carbonyl (C=O) groups is 1. The quantitative estimate of drug-likeness (QED) is 0.492. The van der Waals surface area contributed by atoms with Crippen molar-refractivity contribution < 1.29 is 23.1 Å². The molecule has 0 aliphatic heterocycles. The number of rotatable bonds is 6. The summed E-state index contributed by atoms with van der Waals surface area (Å²) in [6.45, 7) is 3.91. The summed E-state index contributed by atoms with van der Waals surface area (Å²) in [5.74, 6) is -1.48. The summed E-state index contributed by atoms with van der Waals surface area (Å²) in [7, 11) is 0. The van der Waals surface area contributed by atoms with Gasteiger partial charge in [-0.1, -0.05) is 38.1 Å². The van der Waals surface area contributed by atoms with Gasteiger partial charge in [0.25, 0.3) is 0 Å². The highest BCUT2D eigenvalue weighted by atomic mass is 19.4.